The zero-order valence-corrected chi connectivity index (χ0v) is 23.5. The van der Waals surface area contributed by atoms with Crippen LogP contribution in [0.1, 0.15) is 25.1 Å². The monoisotopic (exact) mass is 569 g/mol. The van der Waals surface area contributed by atoms with Gasteiger partial charge in [-0.3, -0.25) is 14.3 Å². The van der Waals surface area contributed by atoms with E-state index in [4.69, 9.17) is 14.7 Å². The van der Waals surface area contributed by atoms with Crippen molar-refractivity contribution in [2.75, 3.05) is 44.7 Å². The summed E-state index contributed by atoms with van der Waals surface area (Å²) in [5.74, 6) is 0.822. The van der Waals surface area contributed by atoms with E-state index in [9.17, 15) is 20.0 Å². The van der Waals surface area contributed by atoms with Crippen LogP contribution in [0.3, 0.4) is 0 Å². The number of fused-ring (bicyclic) bond motifs is 2. The Morgan fingerprint density at radius 3 is 2.74 bits per heavy atom. The number of hydrogen-bond donors (Lipinski definition) is 1. The summed E-state index contributed by atoms with van der Waals surface area (Å²) in [6.07, 6.45) is 2.73. The number of hydrogen-bond acceptors (Lipinski definition) is 10. The van der Waals surface area contributed by atoms with Gasteiger partial charge in [-0.2, -0.15) is 15.2 Å². The maximum absolute atomic E-state index is 14.2. The van der Waals surface area contributed by atoms with E-state index in [1.807, 2.05) is 35.2 Å². The van der Waals surface area contributed by atoms with Gasteiger partial charge >= 0.3 is 12.1 Å². The molecule has 0 aliphatic carbocycles. The highest BCUT2D eigenvalue weighted by molar-refractivity contribution is 5.89. The van der Waals surface area contributed by atoms with Crippen LogP contribution >= 0.6 is 0 Å². The van der Waals surface area contributed by atoms with Crippen molar-refractivity contribution in [3.63, 3.8) is 0 Å². The van der Waals surface area contributed by atoms with E-state index in [1.165, 1.54) is 9.47 Å². The predicted octanol–water partition coefficient (Wildman–Crippen LogP) is 2.59. The normalized spacial score (nSPS) is 19.4. The first-order valence-corrected chi connectivity index (χ1v) is 14.0. The van der Waals surface area contributed by atoms with Gasteiger partial charge in [0.2, 0.25) is 0 Å². The molecule has 4 aromatic rings. The highest BCUT2D eigenvalue weighted by atomic mass is 16.5. The molecule has 2 saturated heterocycles. The molecule has 216 valence electrons. The van der Waals surface area contributed by atoms with Crippen molar-refractivity contribution < 1.29 is 14.6 Å². The number of pyridine rings is 1. The second-order valence-corrected chi connectivity index (χ2v) is 10.7. The summed E-state index contributed by atoms with van der Waals surface area (Å²) >= 11 is 0. The van der Waals surface area contributed by atoms with Gasteiger partial charge in [0.15, 0.2) is 11.3 Å². The van der Waals surface area contributed by atoms with Crippen molar-refractivity contribution in [1.29, 1.82) is 5.26 Å². The molecule has 3 aromatic heterocycles. The highest BCUT2D eigenvalue weighted by Gasteiger charge is 2.33. The van der Waals surface area contributed by atoms with Gasteiger partial charge < -0.3 is 24.5 Å². The fourth-order valence-corrected chi connectivity index (χ4v) is 5.93. The van der Waals surface area contributed by atoms with Crippen LogP contribution in [0.4, 0.5) is 10.6 Å². The number of anilines is 1. The van der Waals surface area contributed by atoms with Crippen LogP contribution in [0.15, 0.2) is 41.3 Å². The molecule has 1 aromatic carbocycles. The van der Waals surface area contributed by atoms with Crippen molar-refractivity contribution in [3.8, 4) is 17.8 Å². The molecule has 2 aliphatic heterocycles. The number of aryl methyl sites for hydroxylation is 1. The smallest absolute Gasteiger partial charge is 0.407 e. The van der Waals surface area contributed by atoms with E-state index in [2.05, 4.69) is 28.0 Å². The third-order valence-corrected chi connectivity index (χ3v) is 8.14. The Kier molecular flexibility index (Phi) is 7.30. The number of likely N-dealkylation sites (N-methyl/N-ethyl adjacent to an activating group) is 1. The minimum atomic E-state index is -1.08. The Balaban J connectivity index is 1.49. The van der Waals surface area contributed by atoms with Gasteiger partial charge in [-0.1, -0.05) is 6.07 Å². The Morgan fingerprint density at radius 1 is 1.12 bits per heavy atom. The number of rotatable bonds is 6. The number of carboxylic acid groups (broad SMARTS) is 1. The van der Waals surface area contributed by atoms with Crippen LogP contribution in [-0.4, -0.2) is 97.4 Å². The average molecular weight is 570 g/mol. The molecule has 2 aliphatic rings. The summed E-state index contributed by atoms with van der Waals surface area (Å²) in [5, 5.41) is 19.8. The SMILES string of the molecule is Cc1nc2c(N3CCN(C(=O)O)C(CC#N)C3)nc(OCC3CCCN3C)nc2c(=O)n1-c1cccc2ncccc12. The standard InChI is InChI=1S/C29H31N9O4/c1-18-32-24-25(27(39)38(18)23-9-3-8-22-21(23)7-4-12-31-22)33-28(42-17-20-6-5-13-35(20)2)34-26(24)36-14-15-37(29(40)41)19(16-36)10-11-30/h3-4,7-9,12,19-20H,5-6,10,13-17H2,1-2H3,(H,40,41). The predicted molar refractivity (Wildman–Crippen MR) is 155 cm³/mol. The molecule has 0 bridgehead atoms. The van der Waals surface area contributed by atoms with Crippen LogP contribution in [0, 0.1) is 18.3 Å². The number of nitriles is 1. The minimum Gasteiger partial charge on any atom is -0.465 e. The van der Waals surface area contributed by atoms with Crippen LogP contribution in [0.5, 0.6) is 6.01 Å². The molecule has 1 N–H and O–H groups in total. The van der Waals surface area contributed by atoms with Crippen LogP contribution < -0.4 is 15.2 Å². The zero-order valence-electron chi connectivity index (χ0n) is 23.5. The Labute approximate surface area is 241 Å². The lowest BCUT2D eigenvalue weighted by Crippen LogP contribution is -2.55. The molecule has 0 radical (unpaired) electrons. The van der Waals surface area contributed by atoms with Gasteiger partial charge in [-0.05, 0) is 57.6 Å². The first kappa shape index (κ1) is 27.3. The number of likely N-dealkylation sites (tertiary alicyclic amines) is 1. The molecule has 0 saturated carbocycles. The summed E-state index contributed by atoms with van der Waals surface area (Å²) in [4.78, 5) is 50.0. The summed E-state index contributed by atoms with van der Waals surface area (Å²) in [6.45, 7) is 3.81. The Hall–Kier alpha value is -4.83. The molecule has 13 nitrogen and oxygen atoms in total. The van der Waals surface area contributed by atoms with E-state index in [1.54, 1.807) is 13.1 Å². The quantitative estimate of drug-likeness (QED) is 0.364. The lowest BCUT2D eigenvalue weighted by atomic mass is 10.1. The van der Waals surface area contributed by atoms with Crippen molar-refractivity contribution in [3.05, 3.63) is 52.7 Å². The first-order chi connectivity index (χ1) is 20.4. The fraction of sp³-hybridized carbons (Fsp3) is 0.414. The third-order valence-electron chi connectivity index (χ3n) is 8.14. The van der Waals surface area contributed by atoms with Gasteiger partial charge in [0, 0.05) is 37.3 Å². The summed E-state index contributed by atoms with van der Waals surface area (Å²) < 4.78 is 7.63. The van der Waals surface area contributed by atoms with Crippen molar-refractivity contribution >= 4 is 33.8 Å². The maximum Gasteiger partial charge on any atom is 0.407 e. The highest BCUT2D eigenvalue weighted by Crippen LogP contribution is 2.28. The van der Waals surface area contributed by atoms with E-state index >= 15 is 0 Å². The maximum atomic E-state index is 14.2. The molecule has 1 amide bonds. The lowest BCUT2D eigenvalue weighted by molar-refractivity contribution is 0.119. The van der Waals surface area contributed by atoms with E-state index < -0.39 is 12.1 Å². The number of benzene rings is 1. The van der Waals surface area contributed by atoms with Crippen LogP contribution in [-0.2, 0) is 0 Å². The van der Waals surface area contributed by atoms with Crippen molar-refractivity contribution in [1.82, 2.24) is 34.3 Å². The summed E-state index contributed by atoms with van der Waals surface area (Å²) in [7, 11) is 2.05. The van der Waals surface area contributed by atoms with Crippen LogP contribution in [0.2, 0.25) is 0 Å². The molecule has 6 rings (SSSR count). The number of amides is 1. The fourth-order valence-electron chi connectivity index (χ4n) is 5.93. The van der Waals surface area contributed by atoms with E-state index in [-0.39, 0.29) is 42.6 Å². The third kappa shape index (κ3) is 4.94. The molecule has 2 unspecified atom stereocenters. The van der Waals surface area contributed by atoms with Crippen molar-refractivity contribution in [2.24, 2.45) is 0 Å². The second kappa shape index (κ2) is 11.2. The molecule has 0 spiro atoms. The summed E-state index contributed by atoms with van der Waals surface area (Å²) in [6, 6.07) is 11.1. The van der Waals surface area contributed by atoms with Gasteiger partial charge in [-0.25, -0.2) is 9.78 Å². The minimum absolute atomic E-state index is 0.0254. The van der Waals surface area contributed by atoms with Crippen molar-refractivity contribution in [2.45, 2.75) is 38.3 Å². The van der Waals surface area contributed by atoms with Gasteiger partial charge in [-0.15, -0.1) is 0 Å². The average Bonchev–Trinajstić information content (AvgIpc) is 3.40. The second-order valence-electron chi connectivity index (χ2n) is 10.7. The largest absolute Gasteiger partial charge is 0.465 e. The topological polar surface area (TPSA) is 154 Å². The van der Waals surface area contributed by atoms with Crippen LogP contribution in [0.25, 0.3) is 27.6 Å². The Morgan fingerprint density at radius 2 is 1.98 bits per heavy atom. The molecular formula is C29H31N9O4. The van der Waals surface area contributed by atoms with Gasteiger partial charge in [0.05, 0.1) is 29.7 Å². The van der Waals surface area contributed by atoms with Gasteiger partial charge in [0.25, 0.3) is 5.56 Å². The number of nitrogens with zero attached hydrogens (tertiary/aromatic N) is 9. The Bertz CT molecular complexity index is 1760. The number of carbonyl (C=O) groups is 1. The molecule has 5 heterocycles. The molecule has 13 heteroatoms. The number of piperazine rings is 1. The van der Waals surface area contributed by atoms with E-state index in [0.29, 0.717) is 36.0 Å². The van der Waals surface area contributed by atoms with Gasteiger partial charge in [0.1, 0.15) is 17.9 Å². The first-order valence-electron chi connectivity index (χ1n) is 14.0. The number of ether oxygens (including phenoxy) is 1. The lowest BCUT2D eigenvalue weighted by Gasteiger charge is -2.39. The zero-order chi connectivity index (χ0) is 29.4. The molecular weight excluding hydrogens is 538 g/mol. The van der Waals surface area contributed by atoms with E-state index in [0.717, 1.165) is 30.3 Å². The molecule has 2 fully saturated rings. The molecule has 2 atom stereocenters. The number of aromatic nitrogens is 5. The molecule has 42 heavy (non-hydrogen) atoms. The summed E-state index contributed by atoms with van der Waals surface area (Å²) in [5.41, 5.74) is 1.40.